The quantitative estimate of drug-likeness (QED) is 0.607. The zero-order chi connectivity index (χ0) is 7.56. The molecule has 0 fully saturated rings. The average Bonchev–Trinajstić information content (AvgIpc) is 1.94. The molecule has 3 nitrogen and oxygen atoms in total. The van der Waals surface area contributed by atoms with E-state index in [0.717, 1.165) is 11.4 Å². The van der Waals surface area contributed by atoms with Crippen LogP contribution in [0, 0.1) is 6.92 Å². The highest BCUT2D eigenvalue weighted by Crippen LogP contribution is 2.13. The Morgan fingerprint density at radius 1 is 1.60 bits per heavy atom. The Morgan fingerprint density at radius 3 is 2.80 bits per heavy atom. The summed E-state index contributed by atoms with van der Waals surface area (Å²) < 4.78 is 0. The van der Waals surface area contributed by atoms with E-state index in [1.807, 2.05) is 20.0 Å². The summed E-state index contributed by atoms with van der Waals surface area (Å²) in [5, 5.41) is 2.99. The largest absolute Gasteiger partial charge is 0.397 e. The fourth-order valence-electron chi connectivity index (χ4n) is 0.802. The Labute approximate surface area is 60.3 Å². The predicted molar refractivity (Wildman–Crippen MR) is 42.9 cm³/mol. The number of pyridine rings is 1. The highest BCUT2D eigenvalue weighted by atomic mass is 14.9. The number of aryl methyl sites for hydroxylation is 1. The van der Waals surface area contributed by atoms with E-state index in [9.17, 15) is 0 Å². The van der Waals surface area contributed by atoms with Crippen LogP contribution >= 0.6 is 0 Å². The lowest BCUT2D eigenvalue weighted by Crippen LogP contribution is -1.96. The van der Waals surface area contributed by atoms with Gasteiger partial charge in [0.25, 0.3) is 0 Å². The van der Waals surface area contributed by atoms with Crippen molar-refractivity contribution in [3.8, 4) is 0 Å². The van der Waals surface area contributed by atoms with Gasteiger partial charge in [-0.15, -0.1) is 0 Å². The first kappa shape index (κ1) is 6.86. The summed E-state index contributed by atoms with van der Waals surface area (Å²) in [7, 11) is 1.85. The Hall–Kier alpha value is -1.25. The molecule has 1 rings (SSSR count). The molecule has 0 bridgehead atoms. The second-order valence-electron chi connectivity index (χ2n) is 2.15. The number of nitrogens with zero attached hydrogens (tertiary/aromatic N) is 1. The minimum atomic E-state index is 0.690. The van der Waals surface area contributed by atoms with Crippen molar-refractivity contribution in [2.75, 3.05) is 18.1 Å². The van der Waals surface area contributed by atoms with Crippen molar-refractivity contribution in [1.29, 1.82) is 0 Å². The second kappa shape index (κ2) is 2.56. The number of nitrogen functional groups attached to an aromatic ring is 1. The van der Waals surface area contributed by atoms with Crippen LogP contribution in [-0.2, 0) is 0 Å². The summed E-state index contributed by atoms with van der Waals surface area (Å²) in [6, 6.07) is 1.86. The Bertz CT molecular complexity index is 232. The van der Waals surface area contributed by atoms with Gasteiger partial charge in [0.15, 0.2) is 0 Å². The molecule has 3 N–H and O–H groups in total. The summed E-state index contributed by atoms with van der Waals surface area (Å²) in [6.07, 6.45) is 1.65. The van der Waals surface area contributed by atoms with Crippen LogP contribution in [0.3, 0.4) is 0 Å². The molecule has 1 aromatic rings. The molecular weight excluding hydrogens is 126 g/mol. The third-order valence-electron chi connectivity index (χ3n) is 1.38. The average molecular weight is 137 g/mol. The van der Waals surface area contributed by atoms with Crippen LogP contribution in [0.25, 0.3) is 0 Å². The van der Waals surface area contributed by atoms with Gasteiger partial charge in [-0.3, -0.25) is 4.98 Å². The number of rotatable bonds is 1. The number of nitrogens with two attached hydrogens (primary N) is 1. The highest BCUT2D eigenvalue weighted by Gasteiger charge is 1.94. The van der Waals surface area contributed by atoms with Crippen molar-refractivity contribution in [2.24, 2.45) is 0 Å². The monoisotopic (exact) mass is 137 g/mol. The molecule has 0 unspecified atom stereocenters. The van der Waals surface area contributed by atoms with Crippen molar-refractivity contribution in [2.45, 2.75) is 6.92 Å². The van der Waals surface area contributed by atoms with Crippen LogP contribution in [-0.4, -0.2) is 12.0 Å². The summed E-state index contributed by atoms with van der Waals surface area (Å²) in [5.41, 5.74) is 8.15. The van der Waals surface area contributed by atoms with Gasteiger partial charge < -0.3 is 11.1 Å². The van der Waals surface area contributed by atoms with Crippen molar-refractivity contribution in [3.63, 3.8) is 0 Å². The van der Waals surface area contributed by atoms with Crippen molar-refractivity contribution in [1.82, 2.24) is 4.98 Å². The summed E-state index contributed by atoms with van der Waals surface area (Å²) in [6.45, 7) is 1.94. The maximum atomic E-state index is 5.50. The standard InChI is InChI=1S/C7H11N3/c1-5-7(9-2)3-6(8)4-10-5/h3-4,9H,8H2,1-2H3. The molecule has 0 aromatic carbocycles. The highest BCUT2D eigenvalue weighted by molar-refractivity contribution is 5.55. The van der Waals surface area contributed by atoms with Gasteiger partial charge in [-0.05, 0) is 13.0 Å². The normalized spacial score (nSPS) is 9.40. The van der Waals surface area contributed by atoms with Gasteiger partial charge in [0.1, 0.15) is 0 Å². The molecule has 0 amide bonds. The fraction of sp³-hybridized carbons (Fsp3) is 0.286. The molecule has 0 aliphatic rings. The van der Waals surface area contributed by atoms with E-state index < -0.39 is 0 Å². The van der Waals surface area contributed by atoms with Gasteiger partial charge in [0.05, 0.1) is 23.3 Å². The molecule has 0 saturated heterocycles. The zero-order valence-electron chi connectivity index (χ0n) is 6.18. The lowest BCUT2D eigenvalue weighted by atomic mass is 10.3. The summed E-state index contributed by atoms with van der Waals surface area (Å²) >= 11 is 0. The number of aromatic nitrogens is 1. The van der Waals surface area contributed by atoms with Gasteiger partial charge in [-0.2, -0.15) is 0 Å². The van der Waals surface area contributed by atoms with Crippen LogP contribution in [0.4, 0.5) is 11.4 Å². The molecule has 0 spiro atoms. The molecule has 0 aliphatic carbocycles. The second-order valence-corrected chi connectivity index (χ2v) is 2.15. The van der Waals surface area contributed by atoms with Gasteiger partial charge in [0, 0.05) is 7.05 Å². The van der Waals surface area contributed by atoms with Crippen molar-refractivity contribution < 1.29 is 0 Å². The zero-order valence-corrected chi connectivity index (χ0v) is 6.18. The summed E-state index contributed by atoms with van der Waals surface area (Å²) in [5.74, 6) is 0. The minimum Gasteiger partial charge on any atom is -0.397 e. The van der Waals surface area contributed by atoms with Crippen molar-refractivity contribution in [3.05, 3.63) is 18.0 Å². The number of anilines is 2. The van der Waals surface area contributed by atoms with Crippen LogP contribution in [0.5, 0.6) is 0 Å². The first-order valence-corrected chi connectivity index (χ1v) is 3.14. The van der Waals surface area contributed by atoms with E-state index in [-0.39, 0.29) is 0 Å². The Morgan fingerprint density at radius 2 is 2.30 bits per heavy atom. The minimum absolute atomic E-state index is 0.690. The van der Waals surface area contributed by atoms with Crippen LogP contribution in [0.1, 0.15) is 5.69 Å². The third-order valence-corrected chi connectivity index (χ3v) is 1.38. The van der Waals surface area contributed by atoms with Crippen LogP contribution in [0.2, 0.25) is 0 Å². The fourth-order valence-corrected chi connectivity index (χ4v) is 0.802. The van der Waals surface area contributed by atoms with Gasteiger partial charge in [-0.1, -0.05) is 0 Å². The Kier molecular flexibility index (Phi) is 1.76. The molecule has 3 heteroatoms. The van der Waals surface area contributed by atoms with E-state index in [1.54, 1.807) is 6.20 Å². The van der Waals surface area contributed by atoms with Gasteiger partial charge in [0.2, 0.25) is 0 Å². The topological polar surface area (TPSA) is 50.9 Å². The van der Waals surface area contributed by atoms with E-state index in [1.165, 1.54) is 0 Å². The lowest BCUT2D eigenvalue weighted by molar-refractivity contribution is 1.20. The molecule has 1 aromatic heterocycles. The number of nitrogens with one attached hydrogen (secondary N) is 1. The Balaban J connectivity index is 3.09. The van der Waals surface area contributed by atoms with Crippen LogP contribution < -0.4 is 11.1 Å². The molecule has 0 aliphatic heterocycles. The molecule has 54 valence electrons. The van der Waals surface area contributed by atoms with Gasteiger partial charge in [-0.25, -0.2) is 0 Å². The number of hydrogen-bond donors (Lipinski definition) is 2. The molecular formula is C7H11N3. The first-order chi connectivity index (χ1) is 4.74. The first-order valence-electron chi connectivity index (χ1n) is 3.14. The molecule has 0 atom stereocenters. The maximum Gasteiger partial charge on any atom is 0.0605 e. The molecule has 10 heavy (non-hydrogen) atoms. The smallest absolute Gasteiger partial charge is 0.0605 e. The van der Waals surface area contributed by atoms with Gasteiger partial charge >= 0.3 is 0 Å². The third kappa shape index (κ3) is 1.18. The maximum absolute atomic E-state index is 5.50. The van der Waals surface area contributed by atoms with E-state index >= 15 is 0 Å². The lowest BCUT2D eigenvalue weighted by Gasteiger charge is -2.03. The number of hydrogen-bond acceptors (Lipinski definition) is 3. The molecule has 0 radical (unpaired) electrons. The SMILES string of the molecule is CNc1cc(N)cnc1C. The van der Waals surface area contributed by atoms with E-state index in [4.69, 9.17) is 5.73 Å². The van der Waals surface area contributed by atoms with Crippen LogP contribution in [0.15, 0.2) is 12.3 Å². The molecule has 1 heterocycles. The summed E-state index contributed by atoms with van der Waals surface area (Å²) in [4.78, 5) is 4.06. The van der Waals surface area contributed by atoms with Crippen molar-refractivity contribution >= 4 is 11.4 Å². The van der Waals surface area contributed by atoms with E-state index in [2.05, 4.69) is 10.3 Å². The van der Waals surface area contributed by atoms with E-state index in [0.29, 0.717) is 5.69 Å². The molecule has 0 saturated carbocycles. The predicted octanol–water partition coefficient (Wildman–Crippen LogP) is 1.01.